The van der Waals surface area contributed by atoms with Crippen molar-refractivity contribution in [2.24, 2.45) is 0 Å². The zero-order valence-electron chi connectivity index (χ0n) is 4.55. The Morgan fingerprint density at radius 3 is 1.10 bits per heavy atom. The quantitative estimate of drug-likeness (QED) is 0.429. The molecule has 0 atom stereocenters. The summed E-state index contributed by atoms with van der Waals surface area (Å²) in [5.74, 6) is 0. The maximum absolute atomic E-state index is 9.66. The van der Waals surface area contributed by atoms with Gasteiger partial charge in [-0.1, -0.05) is 0 Å². The van der Waals surface area contributed by atoms with E-state index in [0.717, 1.165) is 0 Å². The first-order chi connectivity index (χ1) is 3.71. The molecular formula is CH6O6S2Se. The van der Waals surface area contributed by atoms with Crippen molar-refractivity contribution in [3.63, 3.8) is 0 Å². The van der Waals surface area contributed by atoms with E-state index in [-0.39, 0.29) is 17.1 Å². The molecular weight excluding hydrogens is 251 g/mol. The van der Waals surface area contributed by atoms with Crippen LogP contribution in [0.4, 0.5) is 0 Å². The third kappa shape index (κ3) is 11.2. The predicted molar refractivity (Wildman–Crippen MR) is 36.5 cm³/mol. The third-order valence-corrected chi connectivity index (χ3v) is 2.68. The first-order valence-corrected chi connectivity index (χ1v) is 4.83. The fourth-order valence-corrected chi connectivity index (χ4v) is 1.69. The Labute approximate surface area is 68.6 Å². The van der Waals surface area contributed by atoms with Gasteiger partial charge in [0, 0.05) is 0 Å². The van der Waals surface area contributed by atoms with Gasteiger partial charge in [-0.05, 0) is 0 Å². The van der Waals surface area contributed by atoms with Crippen LogP contribution in [-0.4, -0.2) is 48.1 Å². The van der Waals surface area contributed by atoms with Crippen LogP contribution in [0.1, 0.15) is 0 Å². The van der Waals surface area contributed by atoms with Gasteiger partial charge in [0.15, 0.2) is 0 Å². The molecule has 0 aliphatic rings. The Morgan fingerprint density at radius 1 is 0.900 bits per heavy atom. The summed E-state index contributed by atoms with van der Waals surface area (Å²) < 4.78 is 54.2. The molecule has 0 spiro atoms. The van der Waals surface area contributed by atoms with E-state index < -0.39 is 25.3 Å². The van der Waals surface area contributed by atoms with Crippen LogP contribution in [-0.2, 0) is 20.2 Å². The second kappa shape index (κ2) is 3.65. The fraction of sp³-hybridized carbons (Fsp3) is 1.00. The van der Waals surface area contributed by atoms with E-state index in [1.165, 1.54) is 0 Å². The molecule has 0 heterocycles. The van der Waals surface area contributed by atoms with Gasteiger partial charge in [0.05, 0.1) is 0 Å². The molecule has 0 rings (SSSR count). The molecule has 0 aromatic carbocycles. The zero-order valence-corrected chi connectivity index (χ0v) is 8.28. The standard InChI is InChI=1S/CH4O6S2.H2Se/c2-8(3,4)1-9(5,6)7;/h1H2,(H,2,3,4)(H,5,6,7);1H2. The summed E-state index contributed by atoms with van der Waals surface area (Å²) in [4.78, 5) is 0. The summed E-state index contributed by atoms with van der Waals surface area (Å²) in [7, 11) is -9.24. The molecule has 0 amide bonds. The van der Waals surface area contributed by atoms with Crippen LogP contribution < -0.4 is 0 Å². The molecule has 0 aromatic rings. The van der Waals surface area contributed by atoms with Crippen molar-refractivity contribution in [2.45, 2.75) is 0 Å². The van der Waals surface area contributed by atoms with Gasteiger partial charge in [0.25, 0.3) is 20.2 Å². The Balaban J connectivity index is 0. The summed E-state index contributed by atoms with van der Waals surface area (Å²) in [6, 6.07) is 0. The Morgan fingerprint density at radius 2 is 1.10 bits per heavy atom. The molecule has 0 saturated heterocycles. The van der Waals surface area contributed by atoms with Crippen molar-refractivity contribution in [3.8, 4) is 0 Å². The predicted octanol–water partition coefficient (Wildman–Crippen LogP) is -2.20. The Hall–Kier alpha value is 0.339. The van der Waals surface area contributed by atoms with Gasteiger partial charge < -0.3 is 0 Å². The monoisotopic (exact) mass is 258 g/mol. The number of hydrogen-bond donors (Lipinski definition) is 2. The van der Waals surface area contributed by atoms with Crippen LogP contribution in [0.25, 0.3) is 0 Å². The first-order valence-electron chi connectivity index (χ1n) is 1.61. The van der Waals surface area contributed by atoms with Gasteiger partial charge in [-0.15, -0.1) is 0 Å². The average molecular weight is 257 g/mol. The average Bonchev–Trinajstić information content (AvgIpc) is 1.14. The van der Waals surface area contributed by atoms with Crippen molar-refractivity contribution in [2.75, 3.05) is 5.08 Å². The van der Waals surface area contributed by atoms with E-state index in [4.69, 9.17) is 9.11 Å². The van der Waals surface area contributed by atoms with Gasteiger partial charge in [-0.2, -0.15) is 16.8 Å². The van der Waals surface area contributed by atoms with Crippen molar-refractivity contribution >= 4 is 37.3 Å². The van der Waals surface area contributed by atoms with E-state index >= 15 is 0 Å². The van der Waals surface area contributed by atoms with Gasteiger partial charge >= 0.3 is 17.1 Å². The minimum absolute atomic E-state index is 0. The van der Waals surface area contributed by atoms with Crippen LogP contribution >= 0.6 is 0 Å². The van der Waals surface area contributed by atoms with Crippen LogP contribution in [0.2, 0.25) is 0 Å². The van der Waals surface area contributed by atoms with Crippen molar-refractivity contribution < 1.29 is 25.9 Å². The van der Waals surface area contributed by atoms with E-state index in [0.29, 0.717) is 0 Å². The summed E-state index contributed by atoms with van der Waals surface area (Å²) in [6.07, 6.45) is 0. The van der Waals surface area contributed by atoms with Crippen molar-refractivity contribution in [1.82, 2.24) is 0 Å². The van der Waals surface area contributed by atoms with E-state index in [9.17, 15) is 16.8 Å². The topological polar surface area (TPSA) is 109 Å². The minimum atomic E-state index is -4.62. The van der Waals surface area contributed by atoms with Crippen molar-refractivity contribution in [1.29, 1.82) is 0 Å². The molecule has 0 radical (unpaired) electrons. The third-order valence-electron chi connectivity index (χ3n) is 0.298. The molecule has 0 unspecified atom stereocenters. The van der Waals surface area contributed by atoms with Gasteiger partial charge in [-0.3, -0.25) is 9.11 Å². The Kier molecular flexibility index (Phi) is 4.73. The molecule has 0 aliphatic heterocycles. The number of hydrogen-bond acceptors (Lipinski definition) is 4. The molecule has 2 N–H and O–H groups in total. The summed E-state index contributed by atoms with van der Waals surface area (Å²) in [5.41, 5.74) is 0. The molecule has 64 valence electrons. The normalized spacial score (nSPS) is 12.2. The molecule has 0 aliphatic carbocycles. The Bertz CT molecular complexity index is 241. The SMILES string of the molecule is O=S(=O)(O)CS(=O)(=O)O.[SeH2]. The maximum atomic E-state index is 9.66. The van der Waals surface area contributed by atoms with Crippen LogP contribution in [0, 0.1) is 0 Å². The summed E-state index contributed by atoms with van der Waals surface area (Å²) in [6.45, 7) is 0. The summed E-state index contributed by atoms with van der Waals surface area (Å²) in [5, 5.41) is -1.65. The van der Waals surface area contributed by atoms with Gasteiger partial charge in [0.1, 0.15) is 0 Å². The second-order valence-electron chi connectivity index (χ2n) is 1.28. The van der Waals surface area contributed by atoms with Crippen LogP contribution in [0.5, 0.6) is 0 Å². The molecule has 10 heavy (non-hydrogen) atoms. The van der Waals surface area contributed by atoms with Crippen molar-refractivity contribution in [3.05, 3.63) is 0 Å². The second-order valence-corrected chi connectivity index (χ2v) is 4.55. The van der Waals surface area contributed by atoms with Gasteiger partial charge in [-0.25, -0.2) is 0 Å². The van der Waals surface area contributed by atoms with Crippen LogP contribution in [0.15, 0.2) is 0 Å². The fourth-order valence-electron chi connectivity index (χ4n) is 0.188. The molecule has 0 saturated carbocycles. The van der Waals surface area contributed by atoms with Gasteiger partial charge in [0.2, 0.25) is 5.08 Å². The molecule has 0 bridgehead atoms. The molecule has 0 aromatic heterocycles. The molecule has 6 nitrogen and oxygen atoms in total. The van der Waals surface area contributed by atoms with E-state index in [2.05, 4.69) is 0 Å². The molecule has 0 fully saturated rings. The zero-order chi connectivity index (χ0) is 7.71. The molecule has 9 heteroatoms. The summed E-state index contributed by atoms with van der Waals surface area (Å²) >= 11 is 0. The first kappa shape index (κ1) is 13.0. The number of rotatable bonds is 2. The van der Waals surface area contributed by atoms with Crippen LogP contribution in [0.3, 0.4) is 0 Å². The van der Waals surface area contributed by atoms with E-state index in [1.54, 1.807) is 0 Å². The van der Waals surface area contributed by atoms with E-state index in [1.807, 2.05) is 0 Å².